The van der Waals surface area contributed by atoms with Gasteiger partial charge in [-0.15, -0.1) is 0 Å². The van der Waals surface area contributed by atoms with Gasteiger partial charge in [0, 0.05) is 10.2 Å². The molecule has 13 heavy (non-hydrogen) atoms. The van der Waals surface area contributed by atoms with Crippen LogP contribution < -0.4 is 5.32 Å². The topological polar surface area (TPSA) is 12.0 Å². The van der Waals surface area contributed by atoms with Crippen LogP contribution in [0.4, 0.5) is 14.5 Å². The molecule has 0 fully saturated rings. The lowest BCUT2D eigenvalue weighted by Gasteiger charge is -2.06. The van der Waals surface area contributed by atoms with Gasteiger partial charge in [-0.1, -0.05) is 34.2 Å². The van der Waals surface area contributed by atoms with Gasteiger partial charge in [-0.3, -0.25) is 0 Å². The van der Waals surface area contributed by atoms with E-state index < -0.39 is 11.4 Å². The van der Waals surface area contributed by atoms with Crippen LogP contribution in [-0.2, 0) is 0 Å². The highest BCUT2D eigenvalue weighted by molar-refractivity contribution is 9.10. The second kappa shape index (κ2) is 4.62. The highest BCUT2D eigenvalue weighted by atomic mass is 79.9. The summed E-state index contributed by atoms with van der Waals surface area (Å²) in [6.45, 7) is 0. The van der Waals surface area contributed by atoms with Gasteiger partial charge >= 0.3 is 0 Å². The Morgan fingerprint density at radius 3 is 2.69 bits per heavy atom. The summed E-state index contributed by atoms with van der Waals surface area (Å²) in [5, 5.41) is 2.43. The third-order valence-corrected chi connectivity index (χ3v) is 2.06. The molecule has 0 aromatic heterocycles. The fourth-order valence-electron chi connectivity index (χ4n) is 0.763. The molecule has 1 rings (SSSR count). The molecule has 0 bridgehead atoms. The van der Waals surface area contributed by atoms with Crippen molar-refractivity contribution in [1.29, 1.82) is 0 Å². The van der Waals surface area contributed by atoms with Crippen LogP contribution >= 0.6 is 28.1 Å². The summed E-state index contributed by atoms with van der Waals surface area (Å²) in [7, 11) is 0. The van der Waals surface area contributed by atoms with Crippen molar-refractivity contribution < 1.29 is 8.78 Å². The van der Waals surface area contributed by atoms with E-state index in [4.69, 9.17) is 0 Å². The molecule has 5 heteroatoms. The predicted molar refractivity (Wildman–Crippen MR) is 56.4 cm³/mol. The number of benzene rings is 1. The summed E-state index contributed by atoms with van der Waals surface area (Å²) < 4.78 is 24.8. The van der Waals surface area contributed by atoms with E-state index in [1.807, 2.05) is 0 Å². The Morgan fingerprint density at radius 1 is 1.46 bits per heavy atom. The molecular weight excluding hydrogens is 260 g/mol. The number of nitrogens with one attached hydrogen (secondary N) is 1. The van der Waals surface area contributed by atoms with E-state index in [0.717, 1.165) is 4.47 Å². The first-order valence-corrected chi connectivity index (χ1v) is 4.64. The molecule has 0 amide bonds. The van der Waals surface area contributed by atoms with Crippen LogP contribution in [0.2, 0.25) is 0 Å². The normalized spacial score (nSPS) is 10.2. The molecule has 0 aliphatic carbocycles. The van der Waals surface area contributed by atoms with Crippen LogP contribution in [0.5, 0.6) is 0 Å². The molecule has 0 aliphatic heterocycles. The quantitative estimate of drug-likeness (QED) is 0.823. The number of halogens is 3. The number of hydrogen-bond donors (Lipinski definition) is 1. The first kappa shape index (κ1) is 10.5. The van der Waals surface area contributed by atoms with Gasteiger partial charge in [0.15, 0.2) is 0 Å². The third-order valence-electron chi connectivity index (χ3n) is 1.29. The van der Waals surface area contributed by atoms with Gasteiger partial charge in [0.05, 0.1) is 0 Å². The Morgan fingerprint density at radius 2 is 2.15 bits per heavy atom. The summed E-state index contributed by atoms with van der Waals surface area (Å²) in [6, 6.07) is 6.88. The monoisotopic (exact) mass is 265 g/mol. The van der Waals surface area contributed by atoms with Gasteiger partial charge in [0.25, 0.3) is 6.43 Å². The first-order valence-electron chi connectivity index (χ1n) is 3.44. The zero-order valence-electron chi connectivity index (χ0n) is 6.43. The van der Waals surface area contributed by atoms with Crippen molar-refractivity contribution in [2.45, 2.75) is 6.43 Å². The van der Waals surface area contributed by atoms with E-state index in [1.165, 1.54) is 0 Å². The largest absolute Gasteiger partial charge is 0.345 e. The molecule has 0 atom stereocenters. The molecular formula is C8H6BrF2NS. The molecule has 0 unspecified atom stereocenters. The molecule has 0 aliphatic rings. The van der Waals surface area contributed by atoms with E-state index in [2.05, 4.69) is 33.5 Å². The average Bonchev–Trinajstić information content (AvgIpc) is 2.04. The minimum atomic E-state index is -2.62. The molecule has 0 spiro atoms. The van der Waals surface area contributed by atoms with E-state index >= 15 is 0 Å². The lowest BCUT2D eigenvalue weighted by atomic mass is 10.3. The zero-order valence-corrected chi connectivity index (χ0v) is 8.83. The van der Waals surface area contributed by atoms with Gasteiger partial charge in [-0.25, -0.2) is 8.78 Å². The van der Waals surface area contributed by atoms with Crippen molar-refractivity contribution in [3.63, 3.8) is 0 Å². The molecule has 0 radical (unpaired) electrons. The highest BCUT2D eigenvalue weighted by Gasteiger charge is 2.09. The van der Waals surface area contributed by atoms with Crippen molar-refractivity contribution in [2.75, 3.05) is 5.32 Å². The predicted octanol–water partition coefficient (Wildman–Crippen LogP) is 3.45. The molecule has 70 valence electrons. The van der Waals surface area contributed by atoms with Gasteiger partial charge in [0.1, 0.15) is 4.99 Å². The van der Waals surface area contributed by atoms with Crippen LogP contribution in [0, 0.1) is 0 Å². The number of thiocarbonyl (C=S) groups is 1. The summed E-state index contributed by atoms with van der Waals surface area (Å²) in [5.74, 6) is 0. The summed E-state index contributed by atoms with van der Waals surface area (Å²) >= 11 is 7.65. The van der Waals surface area contributed by atoms with Crippen LogP contribution in [0.25, 0.3) is 0 Å². The minimum Gasteiger partial charge on any atom is -0.345 e. The van der Waals surface area contributed by atoms with Crippen LogP contribution in [0.3, 0.4) is 0 Å². The molecule has 0 saturated heterocycles. The Labute approximate surface area is 88.3 Å². The molecule has 1 aromatic carbocycles. The van der Waals surface area contributed by atoms with Gasteiger partial charge in [0.2, 0.25) is 0 Å². The Bertz CT molecular complexity index is 317. The van der Waals surface area contributed by atoms with Crippen molar-refractivity contribution in [3.8, 4) is 0 Å². The maximum absolute atomic E-state index is 12.0. The Hall–Kier alpha value is -0.550. The molecule has 0 saturated carbocycles. The number of hydrogen-bond acceptors (Lipinski definition) is 1. The van der Waals surface area contributed by atoms with Gasteiger partial charge in [-0.2, -0.15) is 0 Å². The maximum Gasteiger partial charge on any atom is 0.288 e. The molecule has 1 N–H and O–H groups in total. The molecule has 1 aromatic rings. The summed E-state index contributed by atoms with van der Waals surface area (Å²) in [6.07, 6.45) is -2.62. The van der Waals surface area contributed by atoms with Crippen molar-refractivity contribution >= 4 is 38.8 Å². The van der Waals surface area contributed by atoms with E-state index in [1.54, 1.807) is 24.3 Å². The summed E-state index contributed by atoms with van der Waals surface area (Å²) in [5.41, 5.74) is 0.555. The standard InChI is InChI=1S/C8H6BrF2NS/c9-5-2-1-3-6(4-5)12-8(13)7(10)11/h1-4,7H,(H,12,13). The van der Waals surface area contributed by atoms with Crippen molar-refractivity contribution in [1.82, 2.24) is 0 Å². The van der Waals surface area contributed by atoms with Gasteiger partial charge in [-0.05, 0) is 18.2 Å². The fourth-order valence-corrected chi connectivity index (χ4v) is 1.28. The number of alkyl halides is 2. The first-order chi connectivity index (χ1) is 6.09. The number of rotatable bonds is 2. The van der Waals surface area contributed by atoms with E-state index in [-0.39, 0.29) is 0 Å². The molecule has 0 heterocycles. The lowest BCUT2D eigenvalue weighted by Crippen LogP contribution is -2.17. The summed E-state index contributed by atoms with van der Waals surface area (Å²) in [4.78, 5) is -0.460. The van der Waals surface area contributed by atoms with Gasteiger partial charge < -0.3 is 5.32 Å². The lowest BCUT2D eigenvalue weighted by molar-refractivity contribution is 0.228. The number of anilines is 1. The second-order valence-corrected chi connectivity index (χ2v) is 3.66. The smallest absolute Gasteiger partial charge is 0.288 e. The SMILES string of the molecule is FC(F)C(=S)Nc1cccc(Br)c1. The van der Waals surface area contributed by atoms with Crippen molar-refractivity contribution in [3.05, 3.63) is 28.7 Å². The van der Waals surface area contributed by atoms with E-state index in [9.17, 15) is 8.78 Å². The fraction of sp³-hybridized carbons (Fsp3) is 0.125. The van der Waals surface area contributed by atoms with Crippen LogP contribution in [0.1, 0.15) is 0 Å². The third kappa shape index (κ3) is 3.36. The second-order valence-electron chi connectivity index (χ2n) is 2.30. The highest BCUT2D eigenvalue weighted by Crippen LogP contribution is 2.16. The minimum absolute atomic E-state index is 0.460. The average molecular weight is 266 g/mol. The van der Waals surface area contributed by atoms with Crippen LogP contribution in [0.15, 0.2) is 28.7 Å². The van der Waals surface area contributed by atoms with E-state index in [0.29, 0.717) is 5.69 Å². The zero-order chi connectivity index (χ0) is 9.84. The van der Waals surface area contributed by atoms with Crippen molar-refractivity contribution in [2.24, 2.45) is 0 Å². The maximum atomic E-state index is 12.0. The molecule has 1 nitrogen and oxygen atoms in total. The Kier molecular flexibility index (Phi) is 3.74. The van der Waals surface area contributed by atoms with Crippen LogP contribution in [-0.4, -0.2) is 11.4 Å². The Balaban J connectivity index is 2.69.